The van der Waals surface area contributed by atoms with Crippen molar-refractivity contribution in [1.29, 1.82) is 0 Å². The third-order valence-electron chi connectivity index (χ3n) is 2.40. The van der Waals surface area contributed by atoms with E-state index >= 15 is 0 Å². The van der Waals surface area contributed by atoms with Gasteiger partial charge in [0.2, 0.25) is 0 Å². The maximum absolute atomic E-state index is 12.1. The minimum absolute atomic E-state index is 0.00774. The molecule has 0 aromatic heterocycles. The molecule has 98 valence electrons. The number of carbonyl (C=O) groups is 1. The molecule has 0 aliphatic heterocycles. The van der Waals surface area contributed by atoms with Crippen molar-refractivity contribution in [2.24, 2.45) is 0 Å². The molecule has 0 bridgehead atoms. The summed E-state index contributed by atoms with van der Waals surface area (Å²) in [5.74, 6) is 0.337. The molecule has 0 spiro atoms. The Labute approximate surface area is 134 Å². The van der Waals surface area contributed by atoms with E-state index in [0.29, 0.717) is 21.4 Å². The fraction of sp³-hybridized carbons (Fsp3) is 0.0714. The maximum atomic E-state index is 12.1. The highest BCUT2D eigenvalue weighted by molar-refractivity contribution is 9.10. The lowest BCUT2D eigenvalue weighted by molar-refractivity contribution is 0.102. The molecule has 0 fully saturated rings. The molecule has 0 atom stereocenters. The van der Waals surface area contributed by atoms with Crippen molar-refractivity contribution in [3.05, 3.63) is 62.5 Å². The molecule has 2 aromatic rings. The Morgan fingerprint density at radius 3 is 2.63 bits per heavy atom. The van der Waals surface area contributed by atoms with Gasteiger partial charge >= 0.3 is 0 Å². The minimum Gasteiger partial charge on any atom is -0.293 e. The molecule has 0 aliphatic carbocycles. The summed E-state index contributed by atoms with van der Waals surface area (Å²) < 4.78 is 0.995. The van der Waals surface area contributed by atoms with Crippen molar-refractivity contribution in [1.82, 2.24) is 0 Å². The van der Waals surface area contributed by atoms with Gasteiger partial charge in [-0.25, -0.2) is 0 Å². The third-order valence-corrected chi connectivity index (χ3v) is 4.43. The molecule has 2 rings (SSSR count). The minimum atomic E-state index is -0.00774. The molecule has 0 amide bonds. The van der Waals surface area contributed by atoms with Gasteiger partial charge in [-0.05, 0) is 36.4 Å². The SMILES string of the molecule is O=C(CSc1cccc(Br)c1)c1ccc(Cl)cc1Cl. The van der Waals surface area contributed by atoms with Crippen molar-refractivity contribution in [3.8, 4) is 0 Å². The molecule has 0 radical (unpaired) electrons. The zero-order chi connectivity index (χ0) is 13.8. The van der Waals surface area contributed by atoms with E-state index in [9.17, 15) is 4.79 Å². The number of rotatable bonds is 4. The van der Waals surface area contributed by atoms with Crippen molar-refractivity contribution in [3.63, 3.8) is 0 Å². The van der Waals surface area contributed by atoms with Crippen molar-refractivity contribution >= 4 is 56.7 Å². The van der Waals surface area contributed by atoms with E-state index in [2.05, 4.69) is 15.9 Å². The monoisotopic (exact) mass is 374 g/mol. The number of Topliss-reactive ketones (excluding diaryl/α,β-unsaturated/α-hetero) is 1. The lowest BCUT2D eigenvalue weighted by atomic mass is 10.1. The lowest BCUT2D eigenvalue weighted by Crippen LogP contribution is -2.03. The first-order valence-electron chi connectivity index (χ1n) is 5.43. The van der Waals surface area contributed by atoms with Crippen molar-refractivity contribution in [2.75, 3.05) is 5.75 Å². The highest BCUT2D eigenvalue weighted by Crippen LogP contribution is 2.26. The van der Waals surface area contributed by atoms with E-state index in [1.165, 1.54) is 11.8 Å². The summed E-state index contributed by atoms with van der Waals surface area (Å²) in [7, 11) is 0. The number of halogens is 3. The van der Waals surface area contributed by atoms with Crippen LogP contribution < -0.4 is 0 Å². The third kappa shape index (κ3) is 4.25. The van der Waals surface area contributed by atoms with Crippen LogP contribution in [0.15, 0.2) is 51.8 Å². The van der Waals surface area contributed by atoms with Gasteiger partial charge in [0, 0.05) is 20.0 Å². The second kappa shape index (κ2) is 6.80. The highest BCUT2D eigenvalue weighted by Gasteiger charge is 2.11. The summed E-state index contributed by atoms with van der Waals surface area (Å²) in [6, 6.07) is 12.7. The predicted octanol–water partition coefficient (Wildman–Crippen LogP) is 5.73. The summed E-state index contributed by atoms with van der Waals surface area (Å²) in [5, 5.41) is 0.925. The number of benzene rings is 2. The van der Waals surface area contributed by atoms with Crippen LogP contribution in [0.25, 0.3) is 0 Å². The van der Waals surface area contributed by atoms with Gasteiger partial charge in [0.15, 0.2) is 5.78 Å². The molecule has 0 N–H and O–H groups in total. The van der Waals surface area contributed by atoms with Gasteiger partial charge in [-0.15, -0.1) is 11.8 Å². The maximum Gasteiger partial charge on any atom is 0.174 e. The van der Waals surface area contributed by atoms with E-state index in [0.717, 1.165) is 9.37 Å². The fourth-order valence-electron chi connectivity index (χ4n) is 1.50. The Balaban J connectivity index is 2.05. The summed E-state index contributed by atoms with van der Waals surface area (Å²) in [5.41, 5.74) is 0.508. The predicted molar refractivity (Wildman–Crippen MR) is 85.7 cm³/mol. The first-order chi connectivity index (χ1) is 9.06. The zero-order valence-corrected chi connectivity index (χ0v) is 13.6. The van der Waals surface area contributed by atoms with Crippen LogP contribution in [0.2, 0.25) is 10.0 Å². The van der Waals surface area contributed by atoms with Gasteiger partial charge < -0.3 is 0 Å². The zero-order valence-electron chi connectivity index (χ0n) is 9.70. The van der Waals surface area contributed by atoms with Gasteiger partial charge in [0.1, 0.15) is 0 Å². The van der Waals surface area contributed by atoms with Crippen LogP contribution in [-0.2, 0) is 0 Å². The molecule has 5 heteroatoms. The summed E-state index contributed by atoms with van der Waals surface area (Å²) in [4.78, 5) is 13.1. The quantitative estimate of drug-likeness (QED) is 0.501. The molecule has 0 aliphatic rings. The van der Waals surface area contributed by atoms with E-state index in [1.54, 1.807) is 18.2 Å². The molecule has 1 nitrogen and oxygen atoms in total. The summed E-state index contributed by atoms with van der Waals surface area (Å²) >= 11 is 16.7. The Kier molecular flexibility index (Phi) is 5.34. The lowest BCUT2D eigenvalue weighted by Gasteiger charge is -2.04. The first kappa shape index (κ1) is 14.9. The number of ketones is 1. The Morgan fingerprint density at radius 1 is 1.16 bits per heavy atom. The Bertz CT molecular complexity index is 616. The number of thioether (sulfide) groups is 1. The summed E-state index contributed by atoms with van der Waals surface area (Å²) in [6.07, 6.45) is 0. The van der Waals surface area contributed by atoms with E-state index in [4.69, 9.17) is 23.2 Å². The van der Waals surface area contributed by atoms with Crippen LogP contribution in [-0.4, -0.2) is 11.5 Å². The Morgan fingerprint density at radius 2 is 1.95 bits per heavy atom. The number of hydrogen-bond acceptors (Lipinski definition) is 2. The number of carbonyl (C=O) groups excluding carboxylic acids is 1. The first-order valence-corrected chi connectivity index (χ1v) is 7.96. The van der Waals surface area contributed by atoms with Crippen LogP contribution in [0, 0.1) is 0 Å². The van der Waals surface area contributed by atoms with E-state index in [-0.39, 0.29) is 5.78 Å². The van der Waals surface area contributed by atoms with E-state index in [1.807, 2.05) is 24.3 Å². The smallest absolute Gasteiger partial charge is 0.174 e. The molecular weight excluding hydrogens is 367 g/mol. The van der Waals surface area contributed by atoms with Crippen molar-refractivity contribution in [2.45, 2.75) is 4.90 Å². The molecule has 0 unspecified atom stereocenters. The van der Waals surface area contributed by atoms with Gasteiger partial charge in [0.25, 0.3) is 0 Å². The largest absolute Gasteiger partial charge is 0.293 e. The second-order valence-corrected chi connectivity index (χ2v) is 6.60. The highest BCUT2D eigenvalue weighted by atomic mass is 79.9. The van der Waals surface area contributed by atoms with Gasteiger partial charge in [-0.3, -0.25) is 4.79 Å². The van der Waals surface area contributed by atoms with Crippen LogP contribution >= 0.6 is 50.9 Å². The van der Waals surface area contributed by atoms with Crippen molar-refractivity contribution < 1.29 is 4.79 Å². The second-order valence-electron chi connectivity index (χ2n) is 3.79. The van der Waals surface area contributed by atoms with E-state index < -0.39 is 0 Å². The van der Waals surface area contributed by atoms with Crippen LogP contribution in [0.5, 0.6) is 0 Å². The Hall–Kier alpha value is -0.480. The molecular formula is C14H9BrCl2OS. The van der Waals surface area contributed by atoms with Crippen LogP contribution in [0.4, 0.5) is 0 Å². The van der Waals surface area contributed by atoms with Crippen LogP contribution in [0.3, 0.4) is 0 Å². The fourth-order valence-corrected chi connectivity index (χ4v) is 3.40. The molecule has 0 saturated carbocycles. The van der Waals surface area contributed by atoms with Crippen LogP contribution in [0.1, 0.15) is 10.4 Å². The topological polar surface area (TPSA) is 17.1 Å². The van der Waals surface area contributed by atoms with Gasteiger partial charge in [-0.1, -0.05) is 45.2 Å². The summed E-state index contributed by atoms with van der Waals surface area (Å²) in [6.45, 7) is 0. The normalized spacial score (nSPS) is 10.5. The molecule has 0 saturated heterocycles. The standard InChI is InChI=1S/C14H9BrCl2OS/c15-9-2-1-3-11(6-9)19-8-14(18)12-5-4-10(16)7-13(12)17/h1-7H,8H2. The molecule has 0 heterocycles. The van der Waals surface area contributed by atoms with Gasteiger partial charge in [-0.2, -0.15) is 0 Å². The average Bonchev–Trinajstić information content (AvgIpc) is 2.36. The molecule has 2 aromatic carbocycles. The number of hydrogen-bond donors (Lipinski definition) is 0. The average molecular weight is 376 g/mol. The molecule has 19 heavy (non-hydrogen) atoms. The van der Waals surface area contributed by atoms with Gasteiger partial charge in [0.05, 0.1) is 10.8 Å².